The molecule has 100 valence electrons. The average Bonchev–Trinajstić information content (AvgIpc) is 1.41. The Balaban J connectivity index is -0.0000000206. The van der Waals surface area contributed by atoms with Crippen LogP contribution < -0.4 is 57.5 Å². The van der Waals surface area contributed by atoms with E-state index in [0.717, 1.165) is 0 Å². The molecule has 19 heavy (non-hydrogen) atoms. The van der Waals surface area contributed by atoms with Gasteiger partial charge in [0.2, 0.25) is 0 Å². The largest absolute Gasteiger partial charge is 3.00 e. The molecule has 0 spiro atoms. The molecule has 0 saturated heterocycles. The van der Waals surface area contributed by atoms with Crippen molar-refractivity contribution in [2.24, 2.45) is 0 Å². The van der Waals surface area contributed by atoms with Crippen molar-refractivity contribution in [3.63, 3.8) is 0 Å². The molecule has 0 fully saturated rings. The summed E-state index contributed by atoms with van der Waals surface area (Å²) in [7, 11) is -16.8. The van der Waals surface area contributed by atoms with Crippen LogP contribution in [0.15, 0.2) is 0 Å². The van der Waals surface area contributed by atoms with E-state index in [1.165, 1.54) is 0 Å². The third-order valence-corrected chi connectivity index (χ3v) is 0. The van der Waals surface area contributed by atoms with Crippen molar-refractivity contribution in [2.45, 2.75) is 0 Å². The molecule has 0 rings (SSSR count). The van der Waals surface area contributed by atoms with Crippen LogP contribution in [0, 0.1) is 0 Å². The first-order valence-electron chi connectivity index (χ1n) is 2.45. The van der Waals surface area contributed by atoms with E-state index in [4.69, 9.17) is 57.5 Å². The first-order valence-corrected chi connectivity index (χ1v) is 7.35. The standard InChI is InChI=1S/3O4Si.4Zr/c3*1-5(2,3)4;;;;/q3*-4;4*+3. The van der Waals surface area contributed by atoms with Crippen LogP contribution in [0.4, 0.5) is 0 Å². The molecule has 0 aromatic rings. The van der Waals surface area contributed by atoms with Gasteiger partial charge in [-0.15, -0.1) is 0 Å². The predicted octanol–water partition coefficient (Wildman–Crippen LogP) is -15.4. The Labute approximate surface area is 187 Å². The quantitative estimate of drug-likeness (QED) is 0.223. The molecule has 0 aliphatic rings. The molecule has 4 radical (unpaired) electrons. The van der Waals surface area contributed by atoms with Gasteiger partial charge in [0, 0.05) is 0 Å². The molecule has 0 heterocycles. The Kier molecular flexibility index (Phi) is 45.1. The van der Waals surface area contributed by atoms with Gasteiger partial charge in [-0.3, -0.25) is 0 Å². The maximum Gasteiger partial charge on any atom is 3.00 e. The number of rotatable bonds is 0. The molecule has 0 saturated carbocycles. The van der Waals surface area contributed by atoms with Gasteiger partial charge in [-0.2, -0.15) is 0 Å². The molecule has 0 aliphatic heterocycles. The van der Waals surface area contributed by atoms with Gasteiger partial charge < -0.3 is 84.7 Å². The van der Waals surface area contributed by atoms with Gasteiger partial charge in [-0.1, -0.05) is 0 Å². The molecule has 0 aromatic carbocycles. The van der Waals surface area contributed by atoms with E-state index in [9.17, 15) is 0 Å². The minimum Gasteiger partial charge on any atom is -0.894 e. The Bertz CT molecular complexity index is 100.0. The van der Waals surface area contributed by atoms with Gasteiger partial charge in [0.1, 0.15) is 0 Å². The Morgan fingerprint density at radius 1 is 0.263 bits per heavy atom. The Morgan fingerprint density at radius 3 is 0.263 bits per heavy atom. The summed E-state index contributed by atoms with van der Waals surface area (Å²) in [5, 5.41) is 0. The minimum atomic E-state index is -5.61. The van der Waals surface area contributed by atoms with Gasteiger partial charge in [0.15, 0.2) is 0 Å². The zero-order chi connectivity index (χ0) is 13.5. The van der Waals surface area contributed by atoms with Crippen LogP contribution in [-0.4, -0.2) is 27.1 Å². The zero-order valence-corrected chi connectivity index (χ0v) is 21.2. The van der Waals surface area contributed by atoms with Crippen molar-refractivity contribution >= 4 is 27.1 Å². The fourth-order valence-electron chi connectivity index (χ4n) is 0. The molecule has 0 atom stereocenters. The van der Waals surface area contributed by atoms with Gasteiger partial charge in [-0.25, -0.2) is 0 Å². The van der Waals surface area contributed by atoms with Crippen LogP contribution in [0.2, 0.25) is 0 Å². The molecule has 0 bridgehead atoms. The molecule has 0 aromatic heterocycles. The van der Waals surface area contributed by atoms with Gasteiger partial charge >= 0.3 is 105 Å². The summed E-state index contributed by atoms with van der Waals surface area (Å²) in [4.78, 5) is 103. The third kappa shape index (κ3) is 614. The molecule has 0 amide bonds. The van der Waals surface area contributed by atoms with E-state index >= 15 is 0 Å². The molecule has 0 unspecified atom stereocenters. The SMILES string of the molecule is [O-][Si]([O-])([O-])[O-].[O-][Si]([O-])([O-])[O-].[O-][Si]([O-])([O-])[O-].[Zr+3].[Zr+3].[Zr+3].[Zr+3]. The van der Waals surface area contributed by atoms with Crippen LogP contribution in [0.5, 0.6) is 0 Å². The summed E-state index contributed by atoms with van der Waals surface area (Å²) in [6.07, 6.45) is 0. The first-order chi connectivity index (χ1) is 6.00. The van der Waals surface area contributed by atoms with Crippen molar-refractivity contribution < 1.29 is 162 Å². The van der Waals surface area contributed by atoms with E-state index in [2.05, 4.69) is 0 Å². The molecule has 0 aliphatic carbocycles. The molecule has 12 nitrogen and oxygen atoms in total. The molecule has 0 N–H and O–H groups in total. The summed E-state index contributed by atoms with van der Waals surface area (Å²) in [5.74, 6) is 0. The van der Waals surface area contributed by atoms with Crippen LogP contribution in [0.3, 0.4) is 0 Å². The van der Waals surface area contributed by atoms with E-state index in [0.29, 0.717) is 0 Å². The van der Waals surface area contributed by atoms with E-state index in [-0.39, 0.29) is 105 Å². The Morgan fingerprint density at radius 2 is 0.263 bits per heavy atom. The summed E-state index contributed by atoms with van der Waals surface area (Å²) in [6, 6.07) is 0. The molecular weight excluding hydrogens is 641 g/mol. The predicted molar refractivity (Wildman–Crippen MR) is 17.3 cm³/mol. The summed E-state index contributed by atoms with van der Waals surface area (Å²) >= 11 is 0. The third-order valence-electron chi connectivity index (χ3n) is 0. The molecule has 19 heteroatoms. The summed E-state index contributed by atoms with van der Waals surface area (Å²) in [5.41, 5.74) is 0. The van der Waals surface area contributed by atoms with Crippen LogP contribution in [0.1, 0.15) is 0 Å². The van der Waals surface area contributed by atoms with Gasteiger partial charge in [-0.05, 0) is 0 Å². The van der Waals surface area contributed by atoms with Crippen molar-refractivity contribution in [2.75, 3.05) is 0 Å². The van der Waals surface area contributed by atoms with Gasteiger partial charge in [0.05, 0.1) is 0 Å². The monoisotopic (exact) mass is 635 g/mol. The second kappa shape index (κ2) is 19.7. The second-order valence-corrected chi connectivity index (χ2v) is 4.50. The Hall–Kier alpha value is 3.70. The average molecular weight is 641 g/mol. The zero-order valence-electron chi connectivity index (χ0n) is 8.40. The van der Waals surface area contributed by atoms with Crippen LogP contribution in [-0.2, 0) is 105 Å². The fourth-order valence-corrected chi connectivity index (χ4v) is 0. The number of hydrogen-bond acceptors (Lipinski definition) is 12. The first kappa shape index (κ1) is 43.4. The topological polar surface area (TPSA) is 277 Å². The van der Waals surface area contributed by atoms with Crippen molar-refractivity contribution in [3.05, 3.63) is 0 Å². The van der Waals surface area contributed by atoms with Gasteiger partial charge in [0.25, 0.3) is 0 Å². The van der Waals surface area contributed by atoms with Crippen molar-refractivity contribution in [1.29, 1.82) is 0 Å². The number of hydrogen-bond donors (Lipinski definition) is 0. The second-order valence-electron chi connectivity index (χ2n) is 1.50. The maximum absolute atomic E-state index is 8.58. The minimum absolute atomic E-state index is 0. The van der Waals surface area contributed by atoms with E-state index in [1.807, 2.05) is 0 Å². The maximum atomic E-state index is 8.58. The van der Waals surface area contributed by atoms with Crippen molar-refractivity contribution in [1.82, 2.24) is 0 Å². The smallest absolute Gasteiger partial charge is 0.894 e. The van der Waals surface area contributed by atoms with Crippen LogP contribution >= 0.6 is 0 Å². The molecular formula is O12Si3Zr4. The normalized spacial score (nSPS) is 9.47. The summed E-state index contributed by atoms with van der Waals surface area (Å²) in [6.45, 7) is 0. The fraction of sp³-hybridized carbons (Fsp3) is 0. The summed E-state index contributed by atoms with van der Waals surface area (Å²) < 4.78 is 0. The van der Waals surface area contributed by atoms with Crippen LogP contribution in [0.25, 0.3) is 0 Å². The van der Waals surface area contributed by atoms with Crippen molar-refractivity contribution in [3.8, 4) is 0 Å². The van der Waals surface area contributed by atoms with E-state index in [1.54, 1.807) is 0 Å². The van der Waals surface area contributed by atoms with E-state index < -0.39 is 27.1 Å².